The van der Waals surface area contributed by atoms with Crippen LogP contribution in [0.1, 0.15) is 0 Å². The van der Waals surface area contributed by atoms with Crippen LogP contribution in [-0.2, 0) is 11.8 Å². The molecule has 8 heteroatoms. The van der Waals surface area contributed by atoms with E-state index in [0.717, 1.165) is 42.0 Å². The van der Waals surface area contributed by atoms with Gasteiger partial charge in [0.05, 0.1) is 30.1 Å². The fraction of sp³-hybridized carbons (Fsp3) is 0.375. The third-order valence-corrected chi connectivity index (χ3v) is 3.96. The van der Waals surface area contributed by atoms with Crippen LogP contribution in [0.25, 0.3) is 22.3 Å². The number of hydrogen-bond acceptors (Lipinski definition) is 7. The summed E-state index contributed by atoms with van der Waals surface area (Å²) in [5, 5.41) is 10.9. The number of pyridine rings is 1. The summed E-state index contributed by atoms with van der Waals surface area (Å²) in [4.78, 5) is 13.6. The molecule has 0 aliphatic carbocycles. The predicted octanol–water partition coefficient (Wildman–Crippen LogP) is 0.826. The summed E-state index contributed by atoms with van der Waals surface area (Å²) < 4.78 is 7.48. The number of aryl methyl sites for hydroxylation is 1. The van der Waals surface area contributed by atoms with Gasteiger partial charge in [0, 0.05) is 50.8 Å². The van der Waals surface area contributed by atoms with Crippen LogP contribution in [0.4, 0.5) is 5.82 Å². The molecule has 1 fully saturated rings. The van der Waals surface area contributed by atoms with Gasteiger partial charge in [-0.2, -0.15) is 5.10 Å². The number of nitrogens with one attached hydrogen (secondary N) is 2. The number of hydrogen-bond donors (Lipinski definition) is 2. The summed E-state index contributed by atoms with van der Waals surface area (Å²) in [5.74, 6) is 0.716. The van der Waals surface area contributed by atoms with Crippen molar-refractivity contribution in [2.75, 3.05) is 31.6 Å². The highest BCUT2D eigenvalue weighted by Gasteiger charge is 2.15. The lowest BCUT2D eigenvalue weighted by atomic mass is 10.2. The van der Waals surface area contributed by atoms with Crippen molar-refractivity contribution in [1.82, 2.24) is 30.0 Å². The maximum absolute atomic E-state index is 5.73. The van der Waals surface area contributed by atoms with E-state index in [1.54, 1.807) is 23.3 Å². The van der Waals surface area contributed by atoms with Crippen LogP contribution in [0, 0.1) is 0 Å². The van der Waals surface area contributed by atoms with Crippen LogP contribution >= 0.6 is 0 Å². The zero-order valence-electron chi connectivity index (χ0n) is 13.4. The number of fused-ring (bicyclic) bond motifs is 1. The van der Waals surface area contributed by atoms with Crippen molar-refractivity contribution in [2.45, 2.75) is 6.10 Å². The maximum Gasteiger partial charge on any atom is 0.154 e. The minimum Gasteiger partial charge on any atom is -0.374 e. The lowest BCUT2D eigenvalue weighted by Crippen LogP contribution is -2.42. The van der Waals surface area contributed by atoms with E-state index in [-0.39, 0.29) is 6.10 Å². The zero-order valence-corrected chi connectivity index (χ0v) is 13.4. The summed E-state index contributed by atoms with van der Waals surface area (Å²) in [5.41, 5.74) is 3.33. The van der Waals surface area contributed by atoms with E-state index in [1.165, 1.54) is 0 Å². The van der Waals surface area contributed by atoms with Crippen LogP contribution in [-0.4, -0.2) is 57.1 Å². The molecule has 0 saturated carbocycles. The first-order chi connectivity index (χ1) is 11.8. The second-order valence-corrected chi connectivity index (χ2v) is 5.76. The number of morpholine rings is 1. The van der Waals surface area contributed by atoms with Gasteiger partial charge in [0.15, 0.2) is 5.82 Å². The Balaban J connectivity index is 1.66. The molecular weight excluding hydrogens is 306 g/mol. The molecule has 1 atom stereocenters. The van der Waals surface area contributed by atoms with Crippen LogP contribution in [0.5, 0.6) is 0 Å². The molecule has 1 unspecified atom stereocenters. The molecule has 3 aromatic heterocycles. The SMILES string of the molecule is Cn1cc(-c2cc3nccnc3c(NCC3CNCCO3)n2)cn1. The second-order valence-electron chi connectivity index (χ2n) is 5.76. The normalized spacial score (nSPS) is 18.0. The minimum atomic E-state index is 0.120. The van der Waals surface area contributed by atoms with Crippen molar-refractivity contribution in [3.63, 3.8) is 0 Å². The van der Waals surface area contributed by atoms with Crippen molar-refractivity contribution >= 4 is 16.9 Å². The Morgan fingerprint density at radius 2 is 2.29 bits per heavy atom. The fourth-order valence-electron chi connectivity index (χ4n) is 2.76. The summed E-state index contributed by atoms with van der Waals surface area (Å²) in [6.07, 6.45) is 7.21. The molecule has 4 heterocycles. The minimum absolute atomic E-state index is 0.120. The van der Waals surface area contributed by atoms with E-state index in [2.05, 4.69) is 25.7 Å². The number of aromatic nitrogens is 5. The first-order valence-corrected chi connectivity index (χ1v) is 7.96. The van der Waals surface area contributed by atoms with Crippen molar-refractivity contribution < 1.29 is 4.74 Å². The largest absolute Gasteiger partial charge is 0.374 e. The van der Waals surface area contributed by atoms with Gasteiger partial charge in [0.2, 0.25) is 0 Å². The molecule has 1 aliphatic rings. The molecule has 0 amide bonds. The summed E-state index contributed by atoms with van der Waals surface area (Å²) >= 11 is 0. The summed E-state index contributed by atoms with van der Waals surface area (Å²) in [6.45, 7) is 3.14. The number of rotatable bonds is 4. The average Bonchev–Trinajstić information content (AvgIpc) is 3.07. The molecule has 24 heavy (non-hydrogen) atoms. The van der Waals surface area contributed by atoms with Crippen LogP contribution in [0.2, 0.25) is 0 Å². The third kappa shape index (κ3) is 3.06. The molecule has 0 aromatic carbocycles. The second kappa shape index (κ2) is 6.50. The monoisotopic (exact) mass is 325 g/mol. The van der Waals surface area contributed by atoms with Gasteiger partial charge in [-0.15, -0.1) is 0 Å². The molecule has 124 valence electrons. The Labute approximate surface area is 139 Å². The molecule has 0 spiro atoms. The molecule has 8 nitrogen and oxygen atoms in total. The Bertz CT molecular complexity index is 841. The molecular formula is C16H19N7O. The van der Waals surface area contributed by atoms with E-state index in [4.69, 9.17) is 9.72 Å². The van der Waals surface area contributed by atoms with Crippen LogP contribution in [0.3, 0.4) is 0 Å². The standard InChI is InChI=1S/C16H19N7O/c1-23-10-11(7-21-23)13-6-14-15(19-3-2-18-14)16(22-13)20-9-12-8-17-4-5-24-12/h2-3,6-7,10,12,17H,4-5,8-9H2,1H3,(H,20,22). The molecule has 0 radical (unpaired) electrons. The quantitative estimate of drug-likeness (QED) is 0.734. The van der Waals surface area contributed by atoms with E-state index in [0.29, 0.717) is 12.4 Å². The van der Waals surface area contributed by atoms with Crippen molar-refractivity contribution in [1.29, 1.82) is 0 Å². The van der Waals surface area contributed by atoms with E-state index in [1.807, 2.05) is 19.3 Å². The highest BCUT2D eigenvalue weighted by atomic mass is 16.5. The van der Waals surface area contributed by atoms with Gasteiger partial charge in [-0.25, -0.2) is 9.97 Å². The number of nitrogens with zero attached hydrogens (tertiary/aromatic N) is 5. The number of ether oxygens (including phenoxy) is 1. The number of anilines is 1. The Morgan fingerprint density at radius 1 is 1.38 bits per heavy atom. The summed E-state index contributed by atoms with van der Waals surface area (Å²) in [7, 11) is 1.89. The lowest BCUT2D eigenvalue weighted by molar-refractivity contribution is 0.0372. The van der Waals surface area contributed by atoms with Crippen LogP contribution in [0.15, 0.2) is 30.9 Å². The average molecular weight is 325 g/mol. The zero-order chi connectivity index (χ0) is 16.4. The van der Waals surface area contributed by atoms with E-state index in [9.17, 15) is 0 Å². The Hall–Kier alpha value is -2.58. The maximum atomic E-state index is 5.73. The topological polar surface area (TPSA) is 89.8 Å². The first-order valence-electron chi connectivity index (χ1n) is 7.96. The molecule has 1 saturated heterocycles. The lowest BCUT2D eigenvalue weighted by Gasteiger charge is -2.24. The molecule has 4 rings (SSSR count). The van der Waals surface area contributed by atoms with Gasteiger partial charge in [-0.1, -0.05) is 0 Å². The Kier molecular flexibility index (Phi) is 4.06. The first kappa shape index (κ1) is 15.0. The molecule has 1 aliphatic heterocycles. The molecule has 0 bridgehead atoms. The van der Waals surface area contributed by atoms with Gasteiger partial charge in [-0.05, 0) is 6.07 Å². The molecule has 3 aromatic rings. The Morgan fingerprint density at radius 3 is 3.08 bits per heavy atom. The van der Waals surface area contributed by atoms with E-state index < -0.39 is 0 Å². The highest BCUT2D eigenvalue weighted by molar-refractivity contribution is 5.88. The third-order valence-electron chi connectivity index (χ3n) is 3.96. The highest BCUT2D eigenvalue weighted by Crippen LogP contribution is 2.25. The van der Waals surface area contributed by atoms with Gasteiger partial charge in [-0.3, -0.25) is 9.67 Å². The van der Waals surface area contributed by atoms with Gasteiger partial charge in [0.25, 0.3) is 0 Å². The van der Waals surface area contributed by atoms with Gasteiger partial charge in [0.1, 0.15) is 5.52 Å². The van der Waals surface area contributed by atoms with Crippen LogP contribution < -0.4 is 10.6 Å². The van der Waals surface area contributed by atoms with Crippen molar-refractivity contribution in [2.24, 2.45) is 7.05 Å². The smallest absolute Gasteiger partial charge is 0.154 e. The van der Waals surface area contributed by atoms with E-state index >= 15 is 0 Å². The predicted molar refractivity (Wildman–Crippen MR) is 90.6 cm³/mol. The van der Waals surface area contributed by atoms with Gasteiger partial charge < -0.3 is 15.4 Å². The molecule has 2 N–H and O–H groups in total. The van der Waals surface area contributed by atoms with Crippen molar-refractivity contribution in [3.05, 3.63) is 30.9 Å². The fourth-order valence-corrected chi connectivity index (χ4v) is 2.76. The summed E-state index contributed by atoms with van der Waals surface area (Å²) in [6, 6.07) is 1.93. The van der Waals surface area contributed by atoms with Gasteiger partial charge >= 0.3 is 0 Å². The van der Waals surface area contributed by atoms with Crippen molar-refractivity contribution in [3.8, 4) is 11.3 Å².